The van der Waals surface area contributed by atoms with E-state index in [0.717, 1.165) is 11.8 Å². The van der Waals surface area contributed by atoms with Crippen molar-refractivity contribution in [1.29, 1.82) is 0 Å². The van der Waals surface area contributed by atoms with E-state index in [2.05, 4.69) is 15.3 Å². The summed E-state index contributed by atoms with van der Waals surface area (Å²) in [6, 6.07) is 13.5. The molecule has 9 heteroatoms. The Hall–Kier alpha value is -3.33. The fourth-order valence-corrected chi connectivity index (χ4v) is 3.24. The monoisotopic (exact) mass is 414 g/mol. The van der Waals surface area contributed by atoms with Gasteiger partial charge in [-0.2, -0.15) is 0 Å². The molecule has 0 unspecified atom stereocenters. The van der Waals surface area contributed by atoms with Crippen molar-refractivity contribution in [2.45, 2.75) is 11.4 Å². The van der Waals surface area contributed by atoms with Crippen molar-refractivity contribution in [3.63, 3.8) is 0 Å². The van der Waals surface area contributed by atoms with Crippen LogP contribution in [0.2, 0.25) is 0 Å². The van der Waals surface area contributed by atoms with E-state index < -0.39 is 15.7 Å². The second kappa shape index (κ2) is 8.36. The smallest absolute Gasteiger partial charge is 0.274 e. The van der Waals surface area contributed by atoms with Crippen molar-refractivity contribution in [3.05, 3.63) is 78.0 Å². The number of carbonyl (C=O) groups excluding carboxylic acids is 1. The lowest BCUT2D eigenvalue weighted by molar-refractivity contribution is 0.102. The van der Waals surface area contributed by atoms with E-state index in [1.54, 1.807) is 25.2 Å². The Balaban J connectivity index is 1.71. The number of nitrogens with one attached hydrogen (secondary N) is 1. The van der Waals surface area contributed by atoms with E-state index in [4.69, 9.17) is 0 Å². The van der Waals surface area contributed by atoms with Gasteiger partial charge in [-0.15, -0.1) is 0 Å². The van der Waals surface area contributed by atoms with Crippen LogP contribution in [-0.4, -0.2) is 37.6 Å². The Kier molecular flexibility index (Phi) is 5.88. The van der Waals surface area contributed by atoms with Crippen LogP contribution in [0.4, 0.5) is 15.9 Å². The minimum atomic E-state index is -3.30. The molecular formula is C20H19FN4O3S. The summed E-state index contributed by atoms with van der Waals surface area (Å²) in [5, 5.41) is 2.67. The molecule has 0 bridgehead atoms. The number of hydrogen-bond acceptors (Lipinski definition) is 6. The van der Waals surface area contributed by atoms with Gasteiger partial charge < -0.3 is 10.2 Å². The lowest BCUT2D eigenvalue weighted by atomic mass is 10.2. The Morgan fingerprint density at radius 2 is 1.72 bits per heavy atom. The predicted molar refractivity (Wildman–Crippen MR) is 108 cm³/mol. The lowest BCUT2D eigenvalue weighted by Gasteiger charge is -2.18. The third-order valence-corrected chi connectivity index (χ3v) is 5.28. The third kappa shape index (κ3) is 5.35. The Bertz CT molecular complexity index is 1120. The molecule has 0 saturated heterocycles. The SMILES string of the molecule is CN(Cc1ccc(F)cc1)c1cc(C(=O)Nc2ccc(S(C)(=O)=O)cc2)ncn1. The van der Waals surface area contributed by atoms with Crippen molar-refractivity contribution >= 4 is 27.2 Å². The van der Waals surface area contributed by atoms with Gasteiger partial charge in [-0.1, -0.05) is 12.1 Å². The summed E-state index contributed by atoms with van der Waals surface area (Å²) in [5.74, 6) is -0.222. The molecule has 29 heavy (non-hydrogen) atoms. The summed E-state index contributed by atoms with van der Waals surface area (Å²) in [6.07, 6.45) is 2.41. The molecule has 0 atom stereocenters. The molecule has 0 aliphatic heterocycles. The minimum Gasteiger partial charge on any atom is -0.355 e. The van der Waals surface area contributed by atoms with Gasteiger partial charge in [0.15, 0.2) is 9.84 Å². The molecular weight excluding hydrogens is 395 g/mol. The van der Waals surface area contributed by atoms with Crippen LogP contribution >= 0.6 is 0 Å². The Morgan fingerprint density at radius 1 is 1.07 bits per heavy atom. The summed E-state index contributed by atoms with van der Waals surface area (Å²) in [4.78, 5) is 22.6. The van der Waals surface area contributed by atoms with Crippen LogP contribution in [0.3, 0.4) is 0 Å². The van der Waals surface area contributed by atoms with Gasteiger partial charge in [-0.25, -0.2) is 22.8 Å². The summed E-state index contributed by atoms with van der Waals surface area (Å²) < 4.78 is 36.1. The molecule has 3 aromatic rings. The number of carbonyl (C=O) groups is 1. The van der Waals surface area contributed by atoms with Gasteiger partial charge in [0.05, 0.1) is 4.90 Å². The van der Waals surface area contributed by atoms with Crippen LogP contribution in [0.5, 0.6) is 0 Å². The first kappa shape index (κ1) is 20.4. The first-order valence-electron chi connectivity index (χ1n) is 8.61. The summed E-state index contributed by atoms with van der Waals surface area (Å²) in [6.45, 7) is 0.477. The van der Waals surface area contributed by atoms with Gasteiger partial charge in [-0.3, -0.25) is 4.79 Å². The van der Waals surface area contributed by atoms with E-state index >= 15 is 0 Å². The van der Waals surface area contributed by atoms with Crippen LogP contribution in [0.15, 0.2) is 65.8 Å². The maximum absolute atomic E-state index is 13.0. The molecule has 0 fully saturated rings. The number of hydrogen-bond donors (Lipinski definition) is 1. The van der Waals surface area contributed by atoms with Crippen molar-refractivity contribution < 1.29 is 17.6 Å². The number of amides is 1. The minimum absolute atomic E-state index is 0.160. The van der Waals surface area contributed by atoms with Gasteiger partial charge in [0.1, 0.15) is 23.7 Å². The molecule has 1 N–H and O–H groups in total. The number of benzene rings is 2. The number of sulfone groups is 1. The molecule has 150 valence electrons. The van der Waals surface area contributed by atoms with Gasteiger partial charge >= 0.3 is 0 Å². The van der Waals surface area contributed by atoms with E-state index in [-0.39, 0.29) is 16.4 Å². The Labute approximate surface area is 168 Å². The molecule has 0 radical (unpaired) electrons. The fraction of sp³-hybridized carbons (Fsp3) is 0.150. The van der Waals surface area contributed by atoms with E-state index in [1.807, 2.05) is 4.90 Å². The van der Waals surface area contributed by atoms with Crippen molar-refractivity contribution in [2.75, 3.05) is 23.5 Å². The first-order valence-corrected chi connectivity index (χ1v) is 10.5. The van der Waals surface area contributed by atoms with Crippen LogP contribution in [0.25, 0.3) is 0 Å². The first-order chi connectivity index (χ1) is 13.7. The zero-order valence-electron chi connectivity index (χ0n) is 15.8. The normalized spacial score (nSPS) is 11.1. The highest BCUT2D eigenvalue weighted by atomic mass is 32.2. The number of halogens is 1. The predicted octanol–water partition coefficient (Wildman–Crippen LogP) is 2.91. The highest BCUT2D eigenvalue weighted by Gasteiger charge is 2.13. The van der Waals surface area contributed by atoms with Gasteiger partial charge in [0, 0.05) is 31.6 Å². The summed E-state index contributed by atoms with van der Waals surface area (Å²) in [5.41, 5.74) is 1.50. The second-order valence-corrected chi connectivity index (χ2v) is 8.51. The highest BCUT2D eigenvalue weighted by molar-refractivity contribution is 7.90. The molecule has 2 aromatic carbocycles. The van der Waals surface area contributed by atoms with Gasteiger partial charge in [0.25, 0.3) is 5.91 Å². The van der Waals surface area contributed by atoms with Crippen molar-refractivity contribution in [2.24, 2.45) is 0 Å². The van der Waals surface area contributed by atoms with E-state index in [1.165, 1.54) is 42.7 Å². The van der Waals surface area contributed by atoms with Crippen LogP contribution in [-0.2, 0) is 16.4 Å². The van der Waals surface area contributed by atoms with Crippen molar-refractivity contribution in [1.82, 2.24) is 9.97 Å². The zero-order valence-corrected chi connectivity index (χ0v) is 16.6. The molecule has 0 aliphatic carbocycles. The van der Waals surface area contributed by atoms with Crippen LogP contribution < -0.4 is 10.2 Å². The number of nitrogens with zero attached hydrogens (tertiary/aromatic N) is 3. The molecule has 1 heterocycles. The van der Waals surface area contributed by atoms with Crippen LogP contribution in [0, 0.1) is 5.82 Å². The summed E-state index contributed by atoms with van der Waals surface area (Å²) in [7, 11) is -1.50. The molecule has 0 spiro atoms. The van der Waals surface area contributed by atoms with Gasteiger partial charge in [-0.05, 0) is 42.0 Å². The number of aromatic nitrogens is 2. The third-order valence-electron chi connectivity index (χ3n) is 4.15. The highest BCUT2D eigenvalue weighted by Crippen LogP contribution is 2.17. The second-order valence-electron chi connectivity index (χ2n) is 6.49. The molecule has 0 aliphatic rings. The van der Waals surface area contributed by atoms with Crippen LogP contribution in [0.1, 0.15) is 16.1 Å². The van der Waals surface area contributed by atoms with E-state index in [9.17, 15) is 17.6 Å². The largest absolute Gasteiger partial charge is 0.355 e. The fourth-order valence-electron chi connectivity index (χ4n) is 2.61. The standard InChI is InChI=1S/C20H19FN4O3S/c1-25(12-14-3-5-15(21)6-4-14)19-11-18(22-13-23-19)20(26)24-16-7-9-17(10-8-16)29(2,27)28/h3-11,13H,12H2,1-2H3,(H,24,26). The number of anilines is 2. The maximum atomic E-state index is 13.0. The summed E-state index contributed by atoms with van der Waals surface area (Å²) >= 11 is 0. The zero-order chi connectivity index (χ0) is 21.0. The van der Waals surface area contributed by atoms with Gasteiger partial charge in [0.2, 0.25) is 0 Å². The quantitative estimate of drug-likeness (QED) is 0.667. The maximum Gasteiger partial charge on any atom is 0.274 e. The topological polar surface area (TPSA) is 92.3 Å². The molecule has 3 rings (SSSR count). The van der Waals surface area contributed by atoms with E-state index in [0.29, 0.717) is 18.1 Å². The molecule has 7 nitrogen and oxygen atoms in total. The van der Waals surface area contributed by atoms with Crippen molar-refractivity contribution in [3.8, 4) is 0 Å². The number of rotatable bonds is 6. The average Bonchev–Trinajstić information content (AvgIpc) is 2.69. The average molecular weight is 414 g/mol. The Morgan fingerprint density at radius 3 is 2.34 bits per heavy atom. The lowest BCUT2D eigenvalue weighted by Crippen LogP contribution is -2.20. The molecule has 1 amide bonds. The molecule has 0 saturated carbocycles. The molecule has 1 aromatic heterocycles.